The summed E-state index contributed by atoms with van der Waals surface area (Å²) in [5.74, 6) is -0.254. The Hall–Kier alpha value is -2.89. The lowest BCUT2D eigenvalue weighted by atomic mass is 10.1. The summed E-state index contributed by atoms with van der Waals surface area (Å²) in [5.41, 5.74) is 1.91. The van der Waals surface area contributed by atoms with E-state index in [-0.39, 0.29) is 22.9 Å². The molecule has 0 atom stereocenters. The van der Waals surface area contributed by atoms with E-state index in [4.69, 9.17) is 4.74 Å². The van der Waals surface area contributed by atoms with Crippen molar-refractivity contribution in [2.24, 2.45) is 0 Å². The van der Waals surface area contributed by atoms with E-state index in [9.17, 15) is 14.4 Å². The normalized spacial score (nSPS) is 13.4. The largest absolute Gasteiger partial charge is 0.487 e. The molecule has 0 unspecified atom stereocenters. The molecule has 6 heteroatoms. The standard InChI is InChI=1S/C21H24N2O4/c1-3-4-10-27-20-18-21(26)23(12-16-7-5-6-15(2)11-16)9-8-22(18)13-17(14-24)19(20)25/h5-7,11,13-14H,3-4,8-10,12H2,1-2H3. The van der Waals surface area contributed by atoms with E-state index in [1.54, 1.807) is 9.47 Å². The molecule has 0 saturated heterocycles. The monoisotopic (exact) mass is 368 g/mol. The molecule has 0 spiro atoms. The molecule has 2 aromatic rings. The first-order valence-electron chi connectivity index (χ1n) is 9.25. The minimum atomic E-state index is -0.516. The summed E-state index contributed by atoms with van der Waals surface area (Å²) in [6, 6.07) is 8.00. The summed E-state index contributed by atoms with van der Waals surface area (Å²) >= 11 is 0. The quantitative estimate of drug-likeness (QED) is 0.557. The van der Waals surface area contributed by atoms with E-state index in [1.165, 1.54) is 6.20 Å². The highest BCUT2D eigenvalue weighted by atomic mass is 16.5. The van der Waals surface area contributed by atoms with Crippen molar-refractivity contribution in [1.29, 1.82) is 0 Å². The third-order valence-electron chi connectivity index (χ3n) is 4.69. The molecule has 2 heterocycles. The number of amides is 1. The van der Waals surface area contributed by atoms with Gasteiger partial charge in [-0.2, -0.15) is 0 Å². The van der Waals surface area contributed by atoms with Gasteiger partial charge in [0, 0.05) is 25.8 Å². The first kappa shape index (κ1) is 18.9. The molecule has 1 aliphatic heterocycles. The van der Waals surface area contributed by atoms with Gasteiger partial charge in [0.25, 0.3) is 5.91 Å². The van der Waals surface area contributed by atoms with Gasteiger partial charge < -0.3 is 14.2 Å². The molecule has 0 radical (unpaired) electrons. The van der Waals surface area contributed by atoms with Crippen molar-refractivity contribution < 1.29 is 14.3 Å². The summed E-state index contributed by atoms with van der Waals surface area (Å²) in [6.07, 6.45) is 3.65. The van der Waals surface area contributed by atoms with Crippen LogP contribution in [0.2, 0.25) is 0 Å². The highest BCUT2D eigenvalue weighted by Crippen LogP contribution is 2.23. The molecule has 0 saturated carbocycles. The number of pyridine rings is 1. The zero-order valence-corrected chi connectivity index (χ0v) is 15.7. The van der Waals surface area contributed by atoms with Crippen LogP contribution in [0.3, 0.4) is 0 Å². The molecule has 0 N–H and O–H groups in total. The summed E-state index contributed by atoms with van der Waals surface area (Å²) < 4.78 is 7.33. The first-order chi connectivity index (χ1) is 13.0. The second kappa shape index (κ2) is 8.20. The van der Waals surface area contributed by atoms with Crippen LogP contribution in [0, 0.1) is 6.92 Å². The molecule has 27 heavy (non-hydrogen) atoms. The highest BCUT2D eigenvalue weighted by molar-refractivity contribution is 5.96. The van der Waals surface area contributed by atoms with Crippen LogP contribution in [-0.4, -0.2) is 34.8 Å². The summed E-state index contributed by atoms with van der Waals surface area (Å²) in [5, 5.41) is 0. The van der Waals surface area contributed by atoms with Crippen LogP contribution in [0.15, 0.2) is 35.3 Å². The number of benzene rings is 1. The molecular weight excluding hydrogens is 344 g/mol. The van der Waals surface area contributed by atoms with E-state index < -0.39 is 5.43 Å². The maximum absolute atomic E-state index is 13.1. The molecule has 0 fully saturated rings. The van der Waals surface area contributed by atoms with Crippen molar-refractivity contribution in [2.75, 3.05) is 13.2 Å². The Morgan fingerprint density at radius 3 is 2.74 bits per heavy atom. The fourth-order valence-electron chi connectivity index (χ4n) is 3.25. The number of fused-ring (bicyclic) bond motifs is 1. The van der Waals surface area contributed by atoms with Crippen LogP contribution in [0.1, 0.15) is 51.7 Å². The molecule has 1 aromatic carbocycles. The molecule has 1 aromatic heterocycles. The molecule has 6 nitrogen and oxygen atoms in total. The Bertz CT molecular complexity index is 917. The van der Waals surface area contributed by atoms with E-state index in [0.29, 0.717) is 32.5 Å². The first-order valence-corrected chi connectivity index (χ1v) is 9.25. The number of hydrogen-bond donors (Lipinski definition) is 0. The van der Waals surface area contributed by atoms with Gasteiger partial charge in [0.1, 0.15) is 0 Å². The number of aryl methyl sites for hydroxylation is 1. The Balaban J connectivity index is 1.96. The number of aromatic nitrogens is 1. The molecule has 0 aliphatic carbocycles. The molecule has 1 aliphatic rings. The van der Waals surface area contributed by atoms with Gasteiger partial charge in [0.05, 0.1) is 12.2 Å². The Labute approximate surface area is 158 Å². The molecule has 0 bridgehead atoms. The SMILES string of the molecule is CCCCOc1c2n(cc(C=O)c1=O)CCN(Cc1cccc(C)c1)C2=O. The number of ether oxygens (including phenoxy) is 1. The third kappa shape index (κ3) is 3.94. The van der Waals surface area contributed by atoms with Gasteiger partial charge in [-0.1, -0.05) is 43.2 Å². The third-order valence-corrected chi connectivity index (χ3v) is 4.69. The number of nitrogens with zero attached hydrogens (tertiary/aromatic N) is 2. The summed E-state index contributed by atoms with van der Waals surface area (Å²) in [6.45, 7) is 5.86. The average molecular weight is 368 g/mol. The van der Waals surface area contributed by atoms with Crippen LogP contribution < -0.4 is 10.2 Å². The van der Waals surface area contributed by atoms with Gasteiger partial charge >= 0.3 is 0 Å². The number of unbranched alkanes of at least 4 members (excludes halogenated alkanes) is 1. The fourth-order valence-corrected chi connectivity index (χ4v) is 3.25. The number of aldehydes is 1. The minimum Gasteiger partial charge on any atom is -0.487 e. The van der Waals surface area contributed by atoms with Crippen LogP contribution in [-0.2, 0) is 13.1 Å². The van der Waals surface area contributed by atoms with Gasteiger partial charge in [0.2, 0.25) is 5.43 Å². The zero-order valence-electron chi connectivity index (χ0n) is 15.7. The number of hydrogen-bond acceptors (Lipinski definition) is 4. The van der Waals surface area contributed by atoms with Gasteiger partial charge in [-0.05, 0) is 18.9 Å². The predicted octanol–water partition coefficient (Wildman–Crippen LogP) is 2.80. The summed E-state index contributed by atoms with van der Waals surface area (Å²) in [7, 11) is 0. The van der Waals surface area contributed by atoms with Crippen LogP contribution in [0.5, 0.6) is 5.75 Å². The fraction of sp³-hybridized carbons (Fsp3) is 0.381. The van der Waals surface area contributed by atoms with Gasteiger partial charge in [-0.25, -0.2) is 0 Å². The lowest BCUT2D eigenvalue weighted by Crippen LogP contribution is -2.42. The lowest BCUT2D eigenvalue weighted by molar-refractivity contribution is 0.0680. The van der Waals surface area contributed by atoms with Gasteiger partial charge in [-0.15, -0.1) is 0 Å². The summed E-state index contributed by atoms with van der Waals surface area (Å²) in [4.78, 5) is 38.7. The van der Waals surface area contributed by atoms with Crippen molar-refractivity contribution in [3.8, 4) is 5.75 Å². The van der Waals surface area contributed by atoms with Crippen molar-refractivity contribution in [3.05, 3.63) is 63.1 Å². The average Bonchev–Trinajstić information content (AvgIpc) is 2.65. The van der Waals surface area contributed by atoms with Crippen LogP contribution in [0.25, 0.3) is 0 Å². The maximum Gasteiger partial charge on any atom is 0.274 e. The Kier molecular flexibility index (Phi) is 5.74. The molecule has 1 amide bonds. The lowest BCUT2D eigenvalue weighted by Gasteiger charge is -2.31. The van der Waals surface area contributed by atoms with Crippen molar-refractivity contribution in [3.63, 3.8) is 0 Å². The van der Waals surface area contributed by atoms with E-state index in [2.05, 4.69) is 0 Å². The minimum absolute atomic E-state index is 0.00741. The molecular formula is C21H24N2O4. The smallest absolute Gasteiger partial charge is 0.274 e. The van der Waals surface area contributed by atoms with Gasteiger partial charge in [0.15, 0.2) is 17.7 Å². The van der Waals surface area contributed by atoms with Crippen molar-refractivity contribution in [1.82, 2.24) is 9.47 Å². The highest BCUT2D eigenvalue weighted by Gasteiger charge is 2.30. The number of carbonyl (C=O) groups is 2. The van der Waals surface area contributed by atoms with E-state index in [1.807, 2.05) is 38.1 Å². The topological polar surface area (TPSA) is 68.6 Å². The number of rotatable bonds is 7. The van der Waals surface area contributed by atoms with E-state index >= 15 is 0 Å². The Morgan fingerprint density at radius 1 is 1.22 bits per heavy atom. The maximum atomic E-state index is 13.1. The molecule has 142 valence electrons. The predicted molar refractivity (Wildman–Crippen MR) is 102 cm³/mol. The Morgan fingerprint density at radius 2 is 2.04 bits per heavy atom. The van der Waals surface area contributed by atoms with E-state index in [0.717, 1.165) is 24.0 Å². The zero-order chi connectivity index (χ0) is 19.4. The van der Waals surface area contributed by atoms with Crippen molar-refractivity contribution >= 4 is 12.2 Å². The van der Waals surface area contributed by atoms with Crippen LogP contribution >= 0.6 is 0 Å². The van der Waals surface area contributed by atoms with Gasteiger partial charge in [-0.3, -0.25) is 14.4 Å². The number of carbonyl (C=O) groups excluding carboxylic acids is 2. The second-order valence-electron chi connectivity index (χ2n) is 6.82. The van der Waals surface area contributed by atoms with Crippen LogP contribution in [0.4, 0.5) is 0 Å². The second-order valence-corrected chi connectivity index (χ2v) is 6.82. The molecule has 3 rings (SSSR count). The van der Waals surface area contributed by atoms with Crippen molar-refractivity contribution in [2.45, 2.75) is 39.8 Å².